The van der Waals surface area contributed by atoms with Crippen molar-refractivity contribution in [3.05, 3.63) is 36.0 Å². The number of nitriles is 1. The third-order valence-electron chi connectivity index (χ3n) is 2.71. The highest BCUT2D eigenvalue weighted by Gasteiger charge is 2.08. The van der Waals surface area contributed by atoms with Gasteiger partial charge in [-0.2, -0.15) is 5.26 Å². The van der Waals surface area contributed by atoms with Gasteiger partial charge in [0.25, 0.3) is 0 Å². The van der Waals surface area contributed by atoms with Gasteiger partial charge in [0, 0.05) is 25.8 Å². The maximum absolute atomic E-state index is 11.6. The SMILES string of the molecule is CN(C)C(=O)Cn1ccc2ccc(C#N)cc21. The molecule has 0 aliphatic carbocycles. The third kappa shape index (κ3) is 2.13. The molecule has 1 aromatic heterocycles. The van der Waals surface area contributed by atoms with E-state index in [0.29, 0.717) is 12.1 Å². The standard InChI is InChI=1S/C13H13N3O/c1-15(2)13(17)9-16-6-5-11-4-3-10(8-14)7-12(11)16/h3-7H,9H2,1-2H3. The monoisotopic (exact) mass is 227 g/mol. The molecule has 0 N–H and O–H groups in total. The molecule has 0 fully saturated rings. The van der Waals surface area contributed by atoms with Crippen molar-refractivity contribution in [2.75, 3.05) is 14.1 Å². The van der Waals surface area contributed by atoms with Crippen LogP contribution in [0.3, 0.4) is 0 Å². The van der Waals surface area contributed by atoms with Crippen LogP contribution in [-0.4, -0.2) is 29.5 Å². The summed E-state index contributed by atoms with van der Waals surface area (Å²) in [6.07, 6.45) is 1.87. The van der Waals surface area contributed by atoms with E-state index in [-0.39, 0.29) is 5.91 Å². The van der Waals surface area contributed by atoms with Crippen molar-refractivity contribution >= 4 is 16.8 Å². The van der Waals surface area contributed by atoms with Crippen molar-refractivity contribution in [3.8, 4) is 6.07 Å². The number of hydrogen-bond donors (Lipinski definition) is 0. The Bertz CT molecular complexity index is 605. The van der Waals surface area contributed by atoms with E-state index in [4.69, 9.17) is 5.26 Å². The number of amides is 1. The molecule has 17 heavy (non-hydrogen) atoms. The van der Waals surface area contributed by atoms with Crippen LogP contribution in [0, 0.1) is 11.3 Å². The number of benzene rings is 1. The Labute approximate surface area is 99.7 Å². The number of hydrogen-bond acceptors (Lipinski definition) is 2. The molecule has 2 aromatic rings. The molecule has 2 rings (SSSR count). The van der Waals surface area contributed by atoms with E-state index in [9.17, 15) is 4.79 Å². The first-order valence-electron chi connectivity index (χ1n) is 5.31. The van der Waals surface area contributed by atoms with E-state index in [1.54, 1.807) is 31.1 Å². The molecule has 0 bridgehead atoms. The highest BCUT2D eigenvalue weighted by atomic mass is 16.2. The Balaban J connectivity index is 2.41. The Hall–Kier alpha value is -2.28. The number of carbonyl (C=O) groups excluding carboxylic acids is 1. The maximum atomic E-state index is 11.6. The van der Waals surface area contributed by atoms with Gasteiger partial charge in [-0.05, 0) is 23.6 Å². The number of aromatic nitrogens is 1. The van der Waals surface area contributed by atoms with Crippen LogP contribution in [0.4, 0.5) is 0 Å². The van der Waals surface area contributed by atoms with Gasteiger partial charge in [-0.3, -0.25) is 4.79 Å². The zero-order valence-corrected chi connectivity index (χ0v) is 9.84. The normalized spacial score (nSPS) is 10.2. The summed E-state index contributed by atoms with van der Waals surface area (Å²) in [5.41, 5.74) is 1.52. The first kappa shape index (κ1) is 11.2. The predicted octanol–water partition coefficient (Wildman–Crippen LogP) is 1.60. The average Bonchev–Trinajstić information content (AvgIpc) is 2.71. The van der Waals surface area contributed by atoms with Gasteiger partial charge in [0.15, 0.2) is 0 Å². The molecule has 1 heterocycles. The van der Waals surface area contributed by atoms with Crippen LogP contribution in [0.1, 0.15) is 5.56 Å². The molecule has 4 heteroatoms. The molecular weight excluding hydrogens is 214 g/mol. The van der Waals surface area contributed by atoms with Crippen molar-refractivity contribution < 1.29 is 4.79 Å². The number of rotatable bonds is 2. The van der Waals surface area contributed by atoms with Crippen molar-refractivity contribution in [2.45, 2.75) is 6.54 Å². The zero-order valence-electron chi connectivity index (χ0n) is 9.84. The van der Waals surface area contributed by atoms with Crippen molar-refractivity contribution in [1.29, 1.82) is 5.26 Å². The van der Waals surface area contributed by atoms with Crippen LogP contribution < -0.4 is 0 Å². The molecule has 0 aliphatic rings. The maximum Gasteiger partial charge on any atom is 0.241 e. The van der Waals surface area contributed by atoms with E-state index in [0.717, 1.165) is 10.9 Å². The van der Waals surface area contributed by atoms with Gasteiger partial charge in [0.1, 0.15) is 6.54 Å². The van der Waals surface area contributed by atoms with E-state index in [1.807, 2.05) is 22.9 Å². The fraction of sp³-hybridized carbons (Fsp3) is 0.231. The minimum atomic E-state index is 0.0323. The van der Waals surface area contributed by atoms with Crippen LogP contribution in [0.25, 0.3) is 10.9 Å². The van der Waals surface area contributed by atoms with E-state index < -0.39 is 0 Å². The van der Waals surface area contributed by atoms with Gasteiger partial charge >= 0.3 is 0 Å². The van der Waals surface area contributed by atoms with Crippen molar-refractivity contribution in [1.82, 2.24) is 9.47 Å². The Morgan fingerprint density at radius 2 is 2.18 bits per heavy atom. The lowest BCUT2D eigenvalue weighted by molar-refractivity contribution is -0.129. The van der Waals surface area contributed by atoms with Gasteiger partial charge < -0.3 is 9.47 Å². The predicted molar refractivity (Wildman–Crippen MR) is 65.3 cm³/mol. The topological polar surface area (TPSA) is 49.0 Å². The van der Waals surface area contributed by atoms with Crippen LogP contribution in [0.5, 0.6) is 0 Å². The minimum absolute atomic E-state index is 0.0323. The molecule has 1 amide bonds. The molecular formula is C13H13N3O. The molecule has 0 atom stereocenters. The summed E-state index contributed by atoms with van der Waals surface area (Å²) in [5, 5.41) is 9.90. The summed E-state index contributed by atoms with van der Waals surface area (Å²) in [4.78, 5) is 13.2. The van der Waals surface area contributed by atoms with Gasteiger partial charge in [0.2, 0.25) is 5.91 Å². The fourth-order valence-electron chi connectivity index (χ4n) is 1.68. The van der Waals surface area contributed by atoms with Crippen LogP contribution in [0.2, 0.25) is 0 Å². The van der Waals surface area contributed by atoms with Crippen LogP contribution in [-0.2, 0) is 11.3 Å². The van der Waals surface area contributed by atoms with Crippen molar-refractivity contribution in [3.63, 3.8) is 0 Å². The van der Waals surface area contributed by atoms with Crippen LogP contribution in [0.15, 0.2) is 30.5 Å². The fourth-order valence-corrected chi connectivity index (χ4v) is 1.68. The lowest BCUT2D eigenvalue weighted by Crippen LogP contribution is -2.25. The summed E-state index contributed by atoms with van der Waals surface area (Å²) in [7, 11) is 3.46. The molecule has 0 radical (unpaired) electrons. The number of likely N-dealkylation sites (N-methyl/N-ethyl adjacent to an activating group) is 1. The zero-order chi connectivity index (χ0) is 12.4. The molecule has 1 aromatic carbocycles. The molecule has 0 saturated heterocycles. The largest absolute Gasteiger partial charge is 0.347 e. The average molecular weight is 227 g/mol. The first-order valence-corrected chi connectivity index (χ1v) is 5.31. The Morgan fingerprint density at radius 3 is 2.82 bits per heavy atom. The molecule has 0 saturated carbocycles. The quantitative estimate of drug-likeness (QED) is 0.782. The smallest absolute Gasteiger partial charge is 0.241 e. The minimum Gasteiger partial charge on any atom is -0.347 e. The van der Waals surface area contributed by atoms with Crippen molar-refractivity contribution in [2.24, 2.45) is 0 Å². The van der Waals surface area contributed by atoms with Gasteiger partial charge in [0.05, 0.1) is 11.6 Å². The molecule has 4 nitrogen and oxygen atoms in total. The highest BCUT2D eigenvalue weighted by molar-refractivity contribution is 5.84. The van der Waals surface area contributed by atoms with E-state index in [2.05, 4.69) is 6.07 Å². The Morgan fingerprint density at radius 1 is 1.41 bits per heavy atom. The first-order chi connectivity index (χ1) is 8.11. The lowest BCUT2D eigenvalue weighted by Gasteiger charge is -2.11. The van der Waals surface area contributed by atoms with Gasteiger partial charge in [-0.25, -0.2) is 0 Å². The lowest BCUT2D eigenvalue weighted by atomic mass is 10.2. The van der Waals surface area contributed by atoms with Crippen LogP contribution >= 0.6 is 0 Å². The second kappa shape index (κ2) is 4.30. The Kier molecular flexibility index (Phi) is 2.84. The second-order valence-electron chi connectivity index (χ2n) is 4.12. The van der Waals surface area contributed by atoms with E-state index >= 15 is 0 Å². The highest BCUT2D eigenvalue weighted by Crippen LogP contribution is 2.17. The molecule has 0 aliphatic heterocycles. The number of nitrogens with zero attached hydrogens (tertiary/aromatic N) is 3. The molecule has 86 valence electrons. The summed E-state index contributed by atoms with van der Waals surface area (Å²) < 4.78 is 1.86. The molecule has 0 spiro atoms. The summed E-state index contributed by atoms with van der Waals surface area (Å²) >= 11 is 0. The van der Waals surface area contributed by atoms with Gasteiger partial charge in [-0.1, -0.05) is 6.07 Å². The summed E-state index contributed by atoms with van der Waals surface area (Å²) in [5.74, 6) is 0.0323. The number of carbonyl (C=O) groups is 1. The summed E-state index contributed by atoms with van der Waals surface area (Å²) in [6, 6.07) is 9.52. The summed E-state index contributed by atoms with van der Waals surface area (Å²) in [6.45, 7) is 0.297. The molecule has 0 unspecified atom stereocenters. The van der Waals surface area contributed by atoms with Gasteiger partial charge in [-0.15, -0.1) is 0 Å². The van der Waals surface area contributed by atoms with E-state index in [1.165, 1.54) is 0 Å². The second-order valence-corrected chi connectivity index (χ2v) is 4.12. The number of fused-ring (bicyclic) bond motifs is 1. The third-order valence-corrected chi connectivity index (χ3v) is 2.71.